The Balaban J connectivity index is 2.04. The van der Waals surface area contributed by atoms with E-state index < -0.39 is 16.2 Å². The minimum absolute atomic E-state index is 0.193. The minimum Gasteiger partial charge on any atom is -0.497 e. The van der Waals surface area contributed by atoms with Gasteiger partial charge in [0, 0.05) is 13.1 Å². The fourth-order valence-electron chi connectivity index (χ4n) is 3.05. The molecule has 0 radical (unpaired) electrons. The molecule has 1 unspecified atom stereocenters. The lowest BCUT2D eigenvalue weighted by atomic mass is 10.1. The maximum atomic E-state index is 13.1. The van der Waals surface area contributed by atoms with Crippen molar-refractivity contribution in [3.63, 3.8) is 0 Å². The molecule has 0 spiro atoms. The molecule has 1 aliphatic heterocycles. The van der Waals surface area contributed by atoms with Gasteiger partial charge in [-0.15, -0.1) is 11.6 Å². The number of halogens is 1. The second-order valence-corrected chi connectivity index (χ2v) is 7.95. The highest BCUT2D eigenvalue weighted by molar-refractivity contribution is 7.89. The monoisotopic (exact) mass is 394 g/mol. The Hall–Kier alpha value is -2.09. The van der Waals surface area contributed by atoms with Crippen LogP contribution in [0.2, 0.25) is 0 Å². The summed E-state index contributed by atoms with van der Waals surface area (Å²) in [6, 6.07) is 15.2. The van der Waals surface area contributed by atoms with Gasteiger partial charge < -0.3 is 9.64 Å². The van der Waals surface area contributed by atoms with Crippen molar-refractivity contribution in [3.8, 4) is 5.75 Å². The van der Waals surface area contributed by atoms with Crippen LogP contribution in [0.1, 0.15) is 11.7 Å². The summed E-state index contributed by atoms with van der Waals surface area (Å²) >= 11 is 5.73. The van der Waals surface area contributed by atoms with Crippen LogP contribution in [0.15, 0.2) is 59.5 Å². The van der Waals surface area contributed by atoms with Crippen molar-refractivity contribution >= 4 is 27.5 Å². The zero-order valence-corrected chi connectivity index (χ0v) is 15.8. The Kier molecular flexibility index (Phi) is 5.50. The van der Waals surface area contributed by atoms with E-state index >= 15 is 0 Å². The normalized spacial score (nSPS) is 18.1. The van der Waals surface area contributed by atoms with Gasteiger partial charge in [-0.05, 0) is 29.8 Å². The first-order chi connectivity index (χ1) is 12.5. The van der Waals surface area contributed by atoms with Crippen LogP contribution in [0.3, 0.4) is 0 Å². The van der Waals surface area contributed by atoms with Crippen LogP contribution in [-0.2, 0) is 14.8 Å². The summed E-state index contributed by atoms with van der Waals surface area (Å²) < 4.78 is 32.8. The number of hydrogen-bond acceptors (Lipinski definition) is 4. The highest BCUT2D eigenvalue weighted by Crippen LogP contribution is 2.35. The summed E-state index contributed by atoms with van der Waals surface area (Å²) in [4.78, 5) is 14.0. The zero-order valence-electron chi connectivity index (χ0n) is 14.2. The number of rotatable bonds is 5. The van der Waals surface area contributed by atoms with Gasteiger partial charge >= 0.3 is 0 Å². The van der Waals surface area contributed by atoms with Gasteiger partial charge in [-0.25, -0.2) is 8.42 Å². The molecule has 8 heteroatoms. The summed E-state index contributed by atoms with van der Waals surface area (Å²) in [6.45, 7) is 0.491. The van der Waals surface area contributed by atoms with E-state index in [1.165, 1.54) is 9.21 Å². The number of nitrogens with zero attached hydrogens (tertiary/aromatic N) is 2. The molecule has 1 saturated heterocycles. The number of carbonyl (C=O) groups is 1. The first kappa shape index (κ1) is 18.7. The molecule has 1 aliphatic rings. The average molecular weight is 395 g/mol. The van der Waals surface area contributed by atoms with Gasteiger partial charge in [0.2, 0.25) is 15.9 Å². The highest BCUT2D eigenvalue weighted by atomic mass is 35.5. The molecule has 6 nitrogen and oxygen atoms in total. The molecule has 0 saturated carbocycles. The zero-order chi connectivity index (χ0) is 18.7. The molecule has 2 aromatic rings. The standard InChI is InChI=1S/C18H19ClN2O4S/c1-25-15-9-7-14(8-10-15)18-20(17(22)13-19)11-12-21(18)26(23,24)16-5-3-2-4-6-16/h2-10,18H,11-13H2,1H3. The molecule has 0 aromatic heterocycles. The summed E-state index contributed by atoms with van der Waals surface area (Å²) in [5.74, 6) is 0.143. The summed E-state index contributed by atoms with van der Waals surface area (Å²) in [5.41, 5.74) is 0.682. The quantitative estimate of drug-likeness (QED) is 0.730. The van der Waals surface area contributed by atoms with Gasteiger partial charge in [-0.1, -0.05) is 30.3 Å². The molecule has 0 bridgehead atoms. The maximum absolute atomic E-state index is 13.1. The lowest BCUT2D eigenvalue weighted by Gasteiger charge is -2.30. The van der Waals surface area contributed by atoms with Crippen molar-refractivity contribution in [1.82, 2.24) is 9.21 Å². The first-order valence-electron chi connectivity index (χ1n) is 8.05. The van der Waals surface area contributed by atoms with E-state index in [0.717, 1.165) is 0 Å². The topological polar surface area (TPSA) is 66.9 Å². The third-order valence-corrected chi connectivity index (χ3v) is 6.42. The van der Waals surface area contributed by atoms with Crippen LogP contribution in [0.4, 0.5) is 0 Å². The Morgan fingerprint density at radius 2 is 1.77 bits per heavy atom. The third-order valence-electron chi connectivity index (χ3n) is 4.33. The van der Waals surface area contributed by atoms with Crippen LogP contribution >= 0.6 is 11.6 Å². The molecular weight excluding hydrogens is 376 g/mol. The fraction of sp³-hybridized carbons (Fsp3) is 0.278. The van der Waals surface area contributed by atoms with E-state index in [1.807, 2.05) is 0 Å². The molecular formula is C18H19ClN2O4S. The lowest BCUT2D eigenvalue weighted by Crippen LogP contribution is -2.38. The number of alkyl halides is 1. The van der Waals surface area contributed by atoms with E-state index in [4.69, 9.17) is 16.3 Å². The smallest absolute Gasteiger partial charge is 0.245 e. The number of methoxy groups -OCH3 is 1. The Bertz CT molecular complexity index is 872. The molecule has 0 aliphatic carbocycles. The summed E-state index contributed by atoms with van der Waals surface area (Å²) in [7, 11) is -2.21. The van der Waals surface area contributed by atoms with E-state index in [0.29, 0.717) is 11.3 Å². The van der Waals surface area contributed by atoms with Crippen LogP contribution < -0.4 is 4.74 Å². The van der Waals surface area contributed by atoms with Gasteiger partial charge in [0.15, 0.2) is 0 Å². The van der Waals surface area contributed by atoms with Crippen molar-refractivity contribution in [2.45, 2.75) is 11.1 Å². The Morgan fingerprint density at radius 1 is 1.12 bits per heavy atom. The van der Waals surface area contributed by atoms with Crippen molar-refractivity contribution in [2.75, 3.05) is 26.1 Å². The maximum Gasteiger partial charge on any atom is 0.245 e. The Morgan fingerprint density at radius 3 is 2.35 bits per heavy atom. The molecule has 2 aromatic carbocycles. The second-order valence-electron chi connectivity index (χ2n) is 5.80. The van der Waals surface area contributed by atoms with Crippen LogP contribution in [-0.4, -0.2) is 49.6 Å². The summed E-state index contributed by atoms with van der Waals surface area (Å²) in [6.07, 6.45) is -0.739. The third kappa shape index (κ3) is 3.42. The summed E-state index contributed by atoms with van der Waals surface area (Å²) in [5, 5.41) is 0. The average Bonchev–Trinajstić information content (AvgIpc) is 3.14. The second kappa shape index (κ2) is 7.65. The number of benzene rings is 2. The number of amides is 1. The van der Waals surface area contributed by atoms with Crippen molar-refractivity contribution in [1.29, 1.82) is 0 Å². The van der Waals surface area contributed by atoms with Gasteiger partial charge in [0.1, 0.15) is 17.8 Å². The number of sulfonamides is 1. The van der Waals surface area contributed by atoms with E-state index in [9.17, 15) is 13.2 Å². The molecule has 1 fully saturated rings. The van der Waals surface area contributed by atoms with E-state index in [1.54, 1.807) is 61.7 Å². The van der Waals surface area contributed by atoms with Crippen LogP contribution in [0, 0.1) is 0 Å². The largest absolute Gasteiger partial charge is 0.497 e. The minimum atomic E-state index is -3.76. The predicted molar refractivity (Wildman–Crippen MR) is 98.5 cm³/mol. The van der Waals surface area contributed by atoms with Gasteiger partial charge in [0.05, 0.1) is 12.0 Å². The van der Waals surface area contributed by atoms with Gasteiger partial charge in [-0.2, -0.15) is 4.31 Å². The fourth-order valence-corrected chi connectivity index (χ4v) is 4.79. The van der Waals surface area contributed by atoms with E-state index in [2.05, 4.69) is 0 Å². The lowest BCUT2D eigenvalue weighted by molar-refractivity contribution is -0.130. The molecule has 138 valence electrons. The predicted octanol–water partition coefficient (Wildman–Crippen LogP) is 2.47. The molecule has 26 heavy (non-hydrogen) atoms. The number of carbonyl (C=O) groups excluding carboxylic acids is 1. The molecule has 1 atom stereocenters. The molecule has 1 amide bonds. The van der Waals surface area contributed by atoms with Crippen LogP contribution in [0.5, 0.6) is 5.75 Å². The van der Waals surface area contributed by atoms with Crippen LogP contribution in [0.25, 0.3) is 0 Å². The molecule has 0 N–H and O–H groups in total. The number of ether oxygens (including phenoxy) is 1. The van der Waals surface area contributed by atoms with Gasteiger partial charge in [0.25, 0.3) is 0 Å². The Labute approximate surface area is 158 Å². The number of hydrogen-bond donors (Lipinski definition) is 0. The highest BCUT2D eigenvalue weighted by Gasteiger charge is 2.42. The van der Waals surface area contributed by atoms with Crippen molar-refractivity contribution in [3.05, 3.63) is 60.2 Å². The SMILES string of the molecule is COc1ccc(C2N(C(=O)CCl)CCN2S(=O)(=O)c2ccccc2)cc1. The molecule has 3 rings (SSSR count). The van der Waals surface area contributed by atoms with E-state index in [-0.39, 0.29) is 29.8 Å². The van der Waals surface area contributed by atoms with Crippen molar-refractivity contribution < 1.29 is 17.9 Å². The first-order valence-corrected chi connectivity index (χ1v) is 10.0. The molecule has 1 heterocycles. The van der Waals surface area contributed by atoms with Crippen molar-refractivity contribution in [2.24, 2.45) is 0 Å². The van der Waals surface area contributed by atoms with Gasteiger partial charge in [-0.3, -0.25) is 4.79 Å².